The van der Waals surface area contributed by atoms with Crippen molar-refractivity contribution < 1.29 is 24.6 Å². The summed E-state index contributed by atoms with van der Waals surface area (Å²) < 4.78 is 0. The van der Waals surface area contributed by atoms with Crippen LogP contribution in [0, 0.1) is 0 Å². The fourth-order valence-corrected chi connectivity index (χ4v) is 2.90. The molecule has 1 amide bonds. The van der Waals surface area contributed by atoms with Crippen molar-refractivity contribution in [2.24, 2.45) is 0 Å². The lowest BCUT2D eigenvalue weighted by molar-refractivity contribution is -0.256. The summed E-state index contributed by atoms with van der Waals surface area (Å²) >= 11 is 6.75. The van der Waals surface area contributed by atoms with Gasteiger partial charge in [0.15, 0.2) is 0 Å². The molecule has 0 aliphatic rings. The van der Waals surface area contributed by atoms with Crippen molar-refractivity contribution in [2.75, 3.05) is 11.1 Å². The molecule has 0 aliphatic carbocycles. The second-order valence-electron chi connectivity index (χ2n) is 4.60. The van der Waals surface area contributed by atoms with E-state index >= 15 is 0 Å². The van der Waals surface area contributed by atoms with Gasteiger partial charge in [-0.1, -0.05) is 29.8 Å². The molecule has 1 N–H and O–H groups in total. The SMILES string of the molecule is O=C(CSc1ccccc1C(=O)[O-])Nc1ccc(Cl)c(C(=O)[O-])c1. The molecule has 0 saturated heterocycles. The normalized spacial score (nSPS) is 10.2. The molecule has 24 heavy (non-hydrogen) atoms. The number of halogens is 1. The number of nitrogens with one attached hydrogen (secondary N) is 1. The summed E-state index contributed by atoms with van der Waals surface area (Å²) in [5.41, 5.74) is 0.0165. The van der Waals surface area contributed by atoms with E-state index in [2.05, 4.69) is 5.32 Å². The van der Waals surface area contributed by atoms with E-state index in [-0.39, 0.29) is 27.6 Å². The molecule has 0 heterocycles. The largest absolute Gasteiger partial charge is 0.545 e. The third kappa shape index (κ3) is 4.50. The molecule has 2 aromatic carbocycles. The molecule has 0 fully saturated rings. The summed E-state index contributed by atoms with van der Waals surface area (Å²) in [5.74, 6) is -3.27. The van der Waals surface area contributed by atoms with E-state index in [1.54, 1.807) is 18.2 Å². The van der Waals surface area contributed by atoms with Gasteiger partial charge in [0, 0.05) is 26.7 Å². The lowest BCUT2D eigenvalue weighted by Gasteiger charge is -2.11. The number of rotatable bonds is 6. The Labute approximate surface area is 146 Å². The molecule has 8 heteroatoms. The third-order valence-corrected chi connectivity index (χ3v) is 4.34. The van der Waals surface area contributed by atoms with E-state index in [1.165, 1.54) is 24.3 Å². The number of hydrogen-bond acceptors (Lipinski definition) is 6. The van der Waals surface area contributed by atoms with Crippen molar-refractivity contribution in [1.82, 2.24) is 0 Å². The van der Waals surface area contributed by atoms with Gasteiger partial charge in [0.2, 0.25) is 5.91 Å². The standard InChI is InChI=1S/C16H12ClNO5S/c17-12-6-5-9(7-11(12)16(22)23)18-14(19)8-24-13-4-2-1-3-10(13)15(20)21/h1-7H,8H2,(H,18,19)(H,20,21)(H,22,23)/p-2. The molecule has 0 aromatic heterocycles. The lowest BCUT2D eigenvalue weighted by Crippen LogP contribution is -2.23. The Bertz CT molecular complexity index is 809. The minimum Gasteiger partial charge on any atom is -0.545 e. The molecule has 6 nitrogen and oxygen atoms in total. The van der Waals surface area contributed by atoms with Gasteiger partial charge in [0.1, 0.15) is 0 Å². The highest BCUT2D eigenvalue weighted by Crippen LogP contribution is 2.23. The van der Waals surface area contributed by atoms with Crippen LogP contribution in [0.2, 0.25) is 5.02 Å². The average molecular weight is 364 g/mol. The monoisotopic (exact) mass is 363 g/mol. The van der Waals surface area contributed by atoms with Gasteiger partial charge in [-0.05, 0) is 24.3 Å². The number of carbonyl (C=O) groups is 3. The molecule has 0 atom stereocenters. The van der Waals surface area contributed by atoms with Crippen LogP contribution in [0.15, 0.2) is 47.4 Å². The summed E-state index contributed by atoms with van der Waals surface area (Å²) in [6, 6.07) is 10.1. The van der Waals surface area contributed by atoms with Crippen molar-refractivity contribution in [3.63, 3.8) is 0 Å². The zero-order valence-electron chi connectivity index (χ0n) is 12.1. The minimum absolute atomic E-state index is 0.000954. The topological polar surface area (TPSA) is 109 Å². The number of amides is 1. The van der Waals surface area contributed by atoms with Crippen LogP contribution in [0.1, 0.15) is 20.7 Å². The number of thioether (sulfide) groups is 1. The second-order valence-corrected chi connectivity index (χ2v) is 6.03. The highest BCUT2D eigenvalue weighted by molar-refractivity contribution is 8.00. The first-order chi connectivity index (χ1) is 11.4. The van der Waals surface area contributed by atoms with Crippen LogP contribution in [0.25, 0.3) is 0 Å². The number of hydrogen-bond donors (Lipinski definition) is 1. The molecular weight excluding hydrogens is 354 g/mol. The van der Waals surface area contributed by atoms with Crippen LogP contribution in [0.5, 0.6) is 0 Å². The van der Waals surface area contributed by atoms with Crippen molar-refractivity contribution in [1.29, 1.82) is 0 Å². The molecule has 0 bridgehead atoms. The third-order valence-electron chi connectivity index (χ3n) is 2.94. The van der Waals surface area contributed by atoms with Crippen molar-refractivity contribution in [3.05, 3.63) is 58.6 Å². The van der Waals surface area contributed by atoms with E-state index in [0.29, 0.717) is 4.90 Å². The van der Waals surface area contributed by atoms with Gasteiger partial charge < -0.3 is 25.1 Å². The van der Waals surface area contributed by atoms with E-state index in [0.717, 1.165) is 11.8 Å². The van der Waals surface area contributed by atoms with Crippen LogP contribution in [-0.4, -0.2) is 23.6 Å². The van der Waals surface area contributed by atoms with Gasteiger partial charge in [-0.2, -0.15) is 0 Å². The number of carboxylic acids is 2. The first-order valence-electron chi connectivity index (χ1n) is 6.62. The Balaban J connectivity index is 2.03. The highest BCUT2D eigenvalue weighted by Gasteiger charge is 2.09. The van der Waals surface area contributed by atoms with Crippen LogP contribution >= 0.6 is 23.4 Å². The Morgan fingerprint density at radius 2 is 1.67 bits per heavy atom. The molecule has 2 rings (SSSR count). The minimum atomic E-state index is -1.45. The molecule has 0 saturated carbocycles. The lowest BCUT2D eigenvalue weighted by atomic mass is 10.2. The van der Waals surface area contributed by atoms with Crippen molar-refractivity contribution >= 4 is 46.9 Å². The van der Waals surface area contributed by atoms with Gasteiger partial charge in [-0.25, -0.2) is 0 Å². The number of benzene rings is 2. The number of carbonyl (C=O) groups excluding carboxylic acids is 3. The quantitative estimate of drug-likeness (QED) is 0.760. The summed E-state index contributed by atoms with van der Waals surface area (Å²) in [6.45, 7) is 0. The summed E-state index contributed by atoms with van der Waals surface area (Å²) in [4.78, 5) is 34.2. The average Bonchev–Trinajstić information content (AvgIpc) is 2.54. The Hall–Kier alpha value is -2.51. The van der Waals surface area contributed by atoms with Crippen LogP contribution in [0.4, 0.5) is 5.69 Å². The smallest absolute Gasteiger partial charge is 0.234 e. The van der Waals surface area contributed by atoms with Gasteiger partial charge in [0.05, 0.1) is 17.7 Å². The maximum Gasteiger partial charge on any atom is 0.234 e. The highest BCUT2D eigenvalue weighted by atomic mass is 35.5. The number of carboxylic acid groups (broad SMARTS) is 2. The maximum atomic E-state index is 11.9. The maximum absolute atomic E-state index is 11.9. The van der Waals surface area contributed by atoms with Crippen LogP contribution < -0.4 is 15.5 Å². The van der Waals surface area contributed by atoms with Gasteiger partial charge in [0.25, 0.3) is 0 Å². The number of aromatic carboxylic acids is 2. The number of anilines is 1. The van der Waals surface area contributed by atoms with E-state index in [1.807, 2.05) is 0 Å². The van der Waals surface area contributed by atoms with Crippen LogP contribution in [0.3, 0.4) is 0 Å². The van der Waals surface area contributed by atoms with E-state index in [4.69, 9.17) is 11.6 Å². The first kappa shape index (κ1) is 17.8. The molecule has 0 radical (unpaired) electrons. The fraction of sp³-hybridized carbons (Fsp3) is 0.0625. The summed E-state index contributed by atoms with van der Waals surface area (Å²) in [6.07, 6.45) is 0. The molecule has 0 aliphatic heterocycles. The van der Waals surface area contributed by atoms with E-state index in [9.17, 15) is 24.6 Å². The van der Waals surface area contributed by atoms with Gasteiger partial charge in [-0.3, -0.25) is 4.79 Å². The first-order valence-corrected chi connectivity index (χ1v) is 7.98. The predicted molar refractivity (Wildman–Crippen MR) is 85.9 cm³/mol. The van der Waals surface area contributed by atoms with Gasteiger partial charge >= 0.3 is 0 Å². The zero-order valence-corrected chi connectivity index (χ0v) is 13.6. The Morgan fingerprint density at radius 3 is 2.33 bits per heavy atom. The van der Waals surface area contributed by atoms with Crippen molar-refractivity contribution in [2.45, 2.75) is 4.90 Å². The zero-order chi connectivity index (χ0) is 17.7. The molecule has 2 aromatic rings. The fourth-order valence-electron chi connectivity index (χ4n) is 1.86. The van der Waals surface area contributed by atoms with Gasteiger partial charge in [-0.15, -0.1) is 11.8 Å². The van der Waals surface area contributed by atoms with E-state index < -0.39 is 17.8 Å². The van der Waals surface area contributed by atoms with Crippen molar-refractivity contribution in [3.8, 4) is 0 Å². The molecule has 0 unspecified atom stereocenters. The Kier molecular flexibility index (Phi) is 5.83. The second kappa shape index (κ2) is 7.85. The molecule has 124 valence electrons. The predicted octanol–water partition coefficient (Wildman–Crippen LogP) is 0.798. The summed E-state index contributed by atoms with van der Waals surface area (Å²) in [7, 11) is 0. The molecular formula is C16H10ClNO5S-2. The Morgan fingerprint density at radius 1 is 1.00 bits per heavy atom. The molecule has 0 spiro atoms. The summed E-state index contributed by atoms with van der Waals surface area (Å²) in [5, 5.41) is 24.4. The van der Waals surface area contributed by atoms with Crippen LogP contribution in [-0.2, 0) is 4.79 Å².